The molecule has 1 aromatic carbocycles. The van der Waals surface area contributed by atoms with Crippen LogP contribution in [0.5, 0.6) is 0 Å². The van der Waals surface area contributed by atoms with Crippen LogP contribution in [0.25, 0.3) is 0 Å². The highest BCUT2D eigenvalue weighted by Gasteiger charge is 2.18. The van der Waals surface area contributed by atoms with Crippen molar-refractivity contribution in [3.8, 4) is 0 Å². The predicted molar refractivity (Wildman–Crippen MR) is 75.7 cm³/mol. The van der Waals surface area contributed by atoms with E-state index in [2.05, 4.69) is 18.3 Å². The number of aryl methyl sites for hydroxylation is 2. The molecule has 0 aliphatic heterocycles. The maximum atomic E-state index is 13.7. The van der Waals surface area contributed by atoms with Crippen molar-refractivity contribution in [2.75, 3.05) is 7.05 Å². The Kier molecular flexibility index (Phi) is 4.32. The van der Waals surface area contributed by atoms with Crippen LogP contribution >= 0.6 is 11.3 Å². The Morgan fingerprint density at radius 1 is 1.26 bits per heavy atom. The minimum Gasteiger partial charge on any atom is -0.312 e. The first-order chi connectivity index (χ1) is 9.02. The number of hydrogen-bond donors (Lipinski definition) is 1. The Bertz CT molecular complexity index is 578. The van der Waals surface area contributed by atoms with Gasteiger partial charge in [0.05, 0.1) is 0 Å². The number of likely N-dealkylation sites (N-methyl/N-ethyl adjacent to an activating group) is 1. The molecule has 0 bridgehead atoms. The van der Waals surface area contributed by atoms with Gasteiger partial charge >= 0.3 is 0 Å². The van der Waals surface area contributed by atoms with E-state index in [0.29, 0.717) is 12.0 Å². The maximum Gasteiger partial charge on any atom is 0.162 e. The van der Waals surface area contributed by atoms with Crippen LogP contribution in [0.15, 0.2) is 24.3 Å². The molecule has 2 aromatic rings. The fourth-order valence-electron chi connectivity index (χ4n) is 2.26. The monoisotopic (exact) mass is 281 g/mol. The van der Waals surface area contributed by atoms with E-state index in [1.54, 1.807) is 23.5 Å². The van der Waals surface area contributed by atoms with Crippen LogP contribution in [0.2, 0.25) is 0 Å². The molecule has 102 valence electrons. The third-order valence-electron chi connectivity index (χ3n) is 3.20. The van der Waals surface area contributed by atoms with Gasteiger partial charge in [-0.25, -0.2) is 8.78 Å². The average molecular weight is 281 g/mol. The van der Waals surface area contributed by atoms with Gasteiger partial charge in [0.2, 0.25) is 0 Å². The third kappa shape index (κ3) is 3.01. The van der Waals surface area contributed by atoms with Crippen molar-refractivity contribution in [1.29, 1.82) is 0 Å². The molecule has 0 amide bonds. The molecule has 0 saturated carbocycles. The summed E-state index contributed by atoms with van der Waals surface area (Å²) in [6.07, 6.45) is 0.445. The normalized spacial score (nSPS) is 12.7. The molecule has 0 saturated heterocycles. The first-order valence-corrected chi connectivity index (χ1v) is 7.01. The first-order valence-electron chi connectivity index (χ1n) is 6.20. The summed E-state index contributed by atoms with van der Waals surface area (Å²) in [5, 5.41) is 3.19. The lowest BCUT2D eigenvalue weighted by atomic mass is 10.0. The van der Waals surface area contributed by atoms with Gasteiger partial charge in [-0.1, -0.05) is 12.1 Å². The van der Waals surface area contributed by atoms with E-state index in [0.717, 1.165) is 6.07 Å². The average Bonchev–Trinajstić information content (AvgIpc) is 2.70. The fraction of sp³-hybridized carbons (Fsp3) is 0.333. The van der Waals surface area contributed by atoms with Crippen molar-refractivity contribution in [3.05, 3.63) is 56.8 Å². The van der Waals surface area contributed by atoms with Crippen LogP contribution in [-0.4, -0.2) is 7.05 Å². The smallest absolute Gasteiger partial charge is 0.162 e. The minimum absolute atomic E-state index is 0.00926. The molecule has 0 fully saturated rings. The van der Waals surface area contributed by atoms with Gasteiger partial charge in [-0.05, 0) is 50.6 Å². The van der Waals surface area contributed by atoms with Crippen molar-refractivity contribution >= 4 is 11.3 Å². The predicted octanol–water partition coefficient (Wildman–Crippen LogP) is 4.15. The SMILES string of the molecule is CNC(Cc1cccc(F)c1F)c1sc(C)cc1C. The molecule has 1 nitrogen and oxygen atoms in total. The van der Waals surface area contributed by atoms with Gasteiger partial charge in [0, 0.05) is 15.8 Å². The summed E-state index contributed by atoms with van der Waals surface area (Å²) in [7, 11) is 1.84. The van der Waals surface area contributed by atoms with Gasteiger partial charge in [0.1, 0.15) is 0 Å². The molecule has 19 heavy (non-hydrogen) atoms. The van der Waals surface area contributed by atoms with Crippen LogP contribution in [-0.2, 0) is 6.42 Å². The van der Waals surface area contributed by atoms with E-state index in [4.69, 9.17) is 0 Å². The molecule has 0 spiro atoms. The molecule has 0 aliphatic carbocycles. The Morgan fingerprint density at radius 3 is 2.58 bits per heavy atom. The molecule has 1 N–H and O–H groups in total. The molecule has 1 heterocycles. The van der Waals surface area contributed by atoms with E-state index >= 15 is 0 Å². The Morgan fingerprint density at radius 2 is 2.00 bits per heavy atom. The van der Waals surface area contributed by atoms with E-state index in [-0.39, 0.29) is 6.04 Å². The second kappa shape index (κ2) is 5.80. The summed E-state index contributed by atoms with van der Waals surface area (Å²) in [5.74, 6) is -1.53. The molecule has 2 rings (SSSR count). The highest BCUT2D eigenvalue weighted by atomic mass is 32.1. The van der Waals surface area contributed by atoms with E-state index < -0.39 is 11.6 Å². The molecule has 1 atom stereocenters. The lowest BCUT2D eigenvalue weighted by Gasteiger charge is -2.16. The molecular formula is C15H17F2NS. The number of benzene rings is 1. The Labute approximate surface area is 116 Å². The van der Waals surface area contributed by atoms with Crippen LogP contribution in [0, 0.1) is 25.5 Å². The lowest BCUT2D eigenvalue weighted by molar-refractivity contribution is 0.487. The highest BCUT2D eigenvalue weighted by Crippen LogP contribution is 2.30. The van der Waals surface area contributed by atoms with Crippen molar-refractivity contribution in [2.45, 2.75) is 26.3 Å². The summed E-state index contributed by atoms with van der Waals surface area (Å²) in [4.78, 5) is 2.41. The maximum absolute atomic E-state index is 13.7. The second-order valence-corrected chi connectivity index (χ2v) is 5.95. The number of halogens is 2. The number of hydrogen-bond acceptors (Lipinski definition) is 2. The number of rotatable bonds is 4. The summed E-state index contributed by atoms with van der Waals surface area (Å²) >= 11 is 1.70. The molecule has 0 radical (unpaired) electrons. The van der Waals surface area contributed by atoms with E-state index in [9.17, 15) is 8.78 Å². The van der Waals surface area contributed by atoms with Gasteiger partial charge < -0.3 is 5.32 Å². The van der Waals surface area contributed by atoms with Gasteiger partial charge in [-0.15, -0.1) is 11.3 Å². The van der Waals surface area contributed by atoms with Crippen molar-refractivity contribution in [2.24, 2.45) is 0 Å². The summed E-state index contributed by atoms with van der Waals surface area (Å²) in [6.45, 7) is 4.10. The zero-order valence-corrected chi connectivity index (χ0v) is 12.1. The van der Waals surface area contributed by atoms with Crippen LogP contribution in [0.3, 0.4) is 0 Å². The molecule has 0 aliphatic rings. The molecular weight excluding hydrogens is 264 g/mol. The summed E-state index contributed by atoms with van der Waals surface area (Å²) in [6, 6.07) is 6.46. The minimum atomic E-state index is -0.786. The highest BCUT2D eigenvalue weighted by molar-refractivity contribution is 7.12. The van der Waals surface area contributed by atoms with Gasteiger partial charge in [0.15, 0.2) is 11.6 Å². The first kappa shape index (κ1) is 14.2. The van der Waals surface area contributed by atoms with Gasteiger partial charge in [-0.3, -0.25) is 0 Å². The van der Waals surface area contributed by atoms with Gasteiger partial charge in [-0.2, -0.15) is 0 Å². The standard InChI is InChI=1S/C15H17F2NS/c1-9-7-10(2)19-15(9)13(18-3)8-11-5-4-6-12(16)14(11)17/h4-7,13,18H,8H2,1-3H3. The summed E-state index contributed by atoms with van der Waals surface area (Å²) in [5.41, 5.74) is 1.60. The lowest BCUT2D eigenvalue weighted by Crippen LogP contribution is -2.19. The topological polar surface area (TPSA) is 12.0 Å². The van der Waals surface area contributed by atoms with Crippen LogP contribution in [0.4, 0.5) is 8.78 Å². The second-order valence-electron chi connectivity index (χ2n) is 4.66. The summed E-state index contributed by atoms with van der Waals surface area (Å²) < 4.78 is 26.9. The van der Waals surface area contributed by atoms with E-state index in [1.807, 2.05) is 14.0 Å². The van der Waals surface area contributed by atoms with Crippen molar-refractivity contribution < 1.29 is 8.78 Å². The molecule has 1 aromatic heterocycles. The van der Waals surface area contributed by atoms with Crippen LogP contribution in [0.1, 0.15) is 26.9 Å². The zero-order chi connectivity index (χ0) is 14.0. The number of thiophene rings is 1. The zero-order valence-electron chi connectivity index (χ0n) is 11.3. The quantitative estimate of drug-likeness (QED) is 0.888. The largest absolute Gasteiger partial charge is 0.312 e. The van der Waals surface area contributed by atoms with Crippen LogP contribution < -0.4 is 5.32 Å². The Hall–Kier alpha value is -1.26. The molecule has 4 heteroatoms. The van der Waals surface area contributed by atoms with Crippen molar-refractivity contribution in [1.82, 2.24) is 5.32 Å². The Balaban J connectivity index is 2.29. The van der Waals surface area contributed by atoms with Crippen molar-refractivity contribution in [3.63, 3.8) is 0 Å². The van der Waals surface area contributed by atoms with Gasteiger partial charge in [0.25, 0.3) is 0 Å². The number of nitrogens with one attached hydrogen (secondary N) is 1. The third-order valence-corrected chi connectivity index (χ3v) is 4.47. The van der Waals surface area contributed by atoms with E-state index in [1.165, 1.54) is 15.3 Å². The fourth-order valence-corrected chi connectivity index (χ4v) is 3.40. The molecule has 1 unspecified atom stereocenters.